The molecule has 1 amide bonds. The highest BCUT2D eigenvalue weighted by Gasteiger charge is 2.41. The van der Waals surface area contributed by atoms with Crippen LogP contribution in [0.1, 0.15) is 30.5 Å². The Kier molecular flexibility index (Phi) is 5.74. The number of aliphatic imine (C=N–C) groups is 1. The Morgan fingerprint density at radius 1 is 1.21 bits per heavy atom. The Labute approximate surface area is 178 Å². The van der Waals surface area contributed by atoms with Crippen LogP contribution in [0.3, 0.4) is 0 Å². The maximum atomic E-state index is 13.1. The van der Waals surface area contributed by atoms with Crippen LogP contribution < -0.4 is 0 Å². The molecule has 2 aliphatic rings. The van der Waals surface area contributed by atoms with Crippen LogP contribution in [0.2, 0.25) is 5.02 Å². The van der Waals surface area contributed by atoms with Crippen LogP contribution in [0.15, 0.2) is 70.9 Å². The molecule has 2 heterocycles. The third-order valence-electron chi connectivity index (χ3n) is 4.83. The lowest BCUT2D eigenvalue weighted by atomic mass is 9.94. The fourth-order valence-electron chi connectivity index (χ4n) is 3.42. The molecular weight excluding hydrogens is 408 g/mol. The van der Waals surface area contributed by atoms with Gasteiger partial charge >= 0.3 is 5.97 Å². The van der Waals surface area contributed by atoms with Crippen molar-refractivity contribution < 1.29 is 14.3 Å². The van der Waals surface area contributed by atoms with Crippen molar-refractivity contribution in [2.45, 2.75) is 26.0 Å². The summed E-state index contributed by atoms with van der Waals surface area (Å²) in [4.78, 5) is 32.0. The topological polar surface area (TPSA) is 59.0 Å². The van der Waals surface area contributed by atoms with E-state index in [-0.39, 0.29) is 12.5 Å². The van der Waals surface area contributed by atoms with Gasteiger partial charge in [0, 0.05) is 17.2 Å². The van der Waals surface area contributed by atoms with Gasteiger partial charge in [-0.05, 0) is 30.2 Å². The van der Waals surface area contributed by atoms with Crippen molar-refractivity contribution in [3.8, 4) is 0 Å². The number of amidine groups is 1. The Hall–Kier alpha value is -2.57. The van der Waals surface area contributed by atoms with Crippen molar-refractivity contribution in [3.05, 3.63) is 82.0 Å². The van der Waals surface area contributed by atoms with E-state index in [1.807, 2.05) is 42.5 Å². The van der Waals surface area contributed by atoms with Crippen LogP contribution in [0.25, 0.3) is 0 Å². The standard InChI is InChI=1S/C22H19ClN2O3S/c1-14-19(21(27)28-13-15-5-3-2-4-6-15)20(16-7-9-17(23)10-8-16)25-18(26)11-12-29-22(25)24-14/h2-10,20H,11-13H2,1H3/t20-/m1/s1. The van der Waals surface area contributed by atoms with E-state index in [1.54, 1.807) is 24.0 Å². The van der Waals surface area contributed by atoms with E-state index in [4.69, 9.17) is 16.3 Å². The average molecular weight is 427 g/mol. The minimum atomic E-state index is -0.580. The second-order valence-corrected chi connectivity index (χ2v) is 8.27. The molecule has 1 saturated heterocycles. The lowest BCUT2D eigenvalue weighted by Gasteiger charge is -2.38. The first-order valence-corrected chi connectivity index (χ1v) is 10.6. The number of esters is 1. The second-order valence-electron chi connectivity index (χ2n) is 6.77. The fourth-order valence-corrected chi connectivity index (χ4v) is 4.55. The SMILES string of the molecule is CC1=C(C(=O)OCc2ccccc2)[C@@H](c2ccc(Cl)cc2)N2C(=O)CCSC2=N1. The zero-order valence-electron chi connectivity index (χ0n) is 15.8. The third-order valence-corrected chi connectivity index (χ3v) is 6.03. The van der Waals surface area contributed by atoms with Gasteiger partial charge in [0.2, 0.25) is 5.91 Å². The molecule has 0 saturated carbocycles. The first kappa shape index (κ1) is 19.7. The summed E-state index contributed by atoms with van der Waals surface area (Å²) in [5.74, 6) is 0.156. The van der Waals surface area contributed by atoms with Gasteiger partial charge in [-0.3, -0.25) is 9.69 Å². The highest BCUT2D eigenvalue weighted by Crippen LogP contribution is 2.40. The Balaban J connectivity index is 1.71. The molecule has 0 N–H and O–H groups in total. The number of fused-ring (bicyclic) bond motifs is 1. The average Bonchev–Trinajstić information content (AvgIpc) is 2.72. The number of allylic oxidation sites excluding steroid dienone is 1. The van der Waals surface area contributed by atoms with Crippen molar-refractivity contribution in [3.63, 3.8) is 0 Å². The molecule has 1 fully saturated rings. The number of nitrogens with zero attached hydrogens (tertiary/aromatic N) is 2. The maximum absolute atomic E-state index is 13.1. The number of carbonyl (C=O) groups excluding carboxylic acids is 2. The van der Waals surface area contributed by atoms with E-state index < -0.39 is 12.0 Å². The zero-order valence-corrected chi connectivity index (χ0v) is 17.4. The number of amides is 1. The molecule has 5 nitrogen and oxygen atoms in total. The lowest BCUT2D eigenvalue weighted by molar-refractivity contribution is -0.141. The molecular formula is C22H19ClN2O3S. The predicted molar refractivity (Wildman–Crippen MR) is 114 cm³/mol. The number of ether oxygens (including phenoxy) is 1. The summed E-state index contributed by atoms with van der Waals surface area (Å²) in [6.45, 7) is 1.94. The molecule has 29 heavy (non-hydrogen) atoms. The summed E-state index contributed by atoms with van der Waals surface area (Å²) < 4.78 is 5.59. The smallest absolute Gasteiger partial charge is 0.338 e. The normalized spacial score (nSPS) is 19.0. The quantitative estimate of drug-likeness (QED) is 0.663. The zero-order chi connectivity index (χ0) is 20.4. The summed E-state index contributed by atoms with van der Waals surface area (Å²) in [7, 11) is 0. The van der Waals surface area contributed by atoms with Crippen molar-refractivity contribution in [1.82, 2.24) is 4.90 Å². The van der Waals surface area contributed by atoms with E-state index in [0.717, 1.165) is 11.1 Å². The Bertz CT molecular complexity index is 1000. The first-order valence-electron chi connectivity index (χ1n) is 9.25. The summed E-state index contributed by atoms with van der Waals surface area (Å²) in [6.07, 6.45) is 0.402. The highest BCUT2D eigenvalue weighted by molar-refractivity contribution is 8.14. The molecule has 0 radical (unpaired) electrons. The molecule has 0 spiro atoms. The van der Waals surface area contributed by atoms with Crippen LogP contribution in [-0.4, -0.2) is 27.7 Å². The van der Waals surface area contributed by atoms with E-state index in [1.165, 1.54) is 11.8 Å². The second kappa shape index (κ2) is 8.43. The van der Waals surface area contributed by atoms with Crippen LogP contribution >= 0.6 is 23.4 Å². The van der Waals surface area contributed by atoms with Crippen LogP contribution in [0.5, 0.6) is 0 Å². The number of carbonyl (C=O) groups is 2. The van der Waals surface area contributed by atoms with Gasteiger partial charge in [-0.15, -0.1) is 0 Å². The van der Waals surface area contributed by atoms with Crippen LogP contribution in [0.4, 0.5) is 0 Å². The first-order chi connectivity index (χ1) is 14.0. The molecule has 4 rings (SSSR count). The van der Waals surface area contributed by atoms with Crippen molar-refractivity contribution in [2.24, 2.45) is 4.99 Å². The molecule has 0 aromatic heterocycles. The van der Waals surface area contributed by atoms with Gasteiger partial charge in [-0.25, -0.2) is 9.79 Å². The molecule has 0 aliphatic carbocycles. The molecule has 148 valence electrons. The van der Waals surface area contributed by atoms with Crippen molar-refractivity contribution in [2.75, 3.05) is 5.75 Å². The molecule has 1 atom stereocenters. The van der Waals surface area contributed by atoms with E-state index in [2.05, 4.69) is 4.99 Å². The van der Waals surface area contributed by atoms with Gasteiger partial charge < -0.3 is 4.74 Å². The van der Waals surface area contributed by atoms with E-state index in [9.17, 15) is 9.59 Å². The largest absolute Gasteiger partial charge is 0.457 e. The molecule has 7 heteroatoms. The number of hydrogen-bond donors (Lipinski definition) is 0. The number of hydrogen-bond acceptors (Lipinski definition) is 5. The molecule has 2 aliphatic heterocycles. The molecule has 2 aromatic carbocycles. The van der Waals surface area contributed by atoms with E-state index in [0.29, 0.717) is 33.6 Å². The van der Waals surface area contributed by atoms with Gasteiger partial charge in [0.15, 0.2) is 5.17 Å². The van der Waals surface area contributed by atoms with Gasteiger partial charge in [0.1, 0.15) is 6.61 Å². The molecule has 0 unspecified atom stereocenters. The predicted octanol–water partition coefficient (Wildman–Crippen LogP) is 4.73. The number of halogens is 1. The minimum Gasteiger partial charge on any atom is -0.457 e. The lowest BCUT2D eigenvalue weighted by Crippen LogP contribution is -2.45. The van der Waals surface area contributed by atoms with Crippen molar-refractivity contribution >= 4 is 40.4 Å². The Morgan fingerprint density at radius 3 is 2.66 bits per heavy atom. The Morgan fingerprint density at radius 2 is 1.93 bits per heavy atom. The number of thioether (sulfide) groups is 1. The molecule has 0 bridgehead atoms. The third kappa shape index (κ3) is 4.09. The summed E-state index contributed by atoms with van der Waals surface area (Å²) >= 11 is 7.57. The van der Waals surface area contributed by atoms with Gasteiger partial charge in [-0.1, -0.05) is 65.8 Å². The van der Waals surface area contributed by atoms with Gasteiger partial charge in [0.25, 0.3) is 0 Å². The highest BCUT2D eigenvalue weighted by atomic mass is 35.5. The summed E-state index contributed by atoms with van der Waals surface area (Å²) in [5, 5.41) is 1.21. The van der Waals surface area contributed by atoms with E-state index >= 15 is 0 Å². The summed E-state index contributed by atoms with van der Waals surface area (Å²) in [5.41, 5.74) is 2.63. The fraction of sp³-hybridized carbons (Fsp3) is 0.227. The van der Waals surface area contributed by atoms with Crippen molar-refractivity contribution in [1.29, 1.82) is 0 Å². The van der Waals surface area contributed by atoms with Gasteiger partial charge in [-0.2, -0.15) is 0 Å². The van der Waals surface area contributed by atoms with Crippen LogP contribution in [0, 0.1) is 0 Å². The maximum Gasteiger partial charge on any atom is 0.338 e. The molecule has 2 aromatic rings. The van der Waals surface area contributed by atoms with Crippen LogP contribution in [-0.2, 0) is 20.9 Å². The van der Waals surface area contributed by atoms with Gasteiger partial charge in [0.05, 0.1) is 17.3 Å². The number of benzene rings is 2. The monoisotopic (exact) mass is 426 g/mol. The summed E-state index contributed by atoms with van der Waals surface area (Å²) in [6, 6.07) is 16.1. The minimum absolute atomic E-state index is 0.0525. The number of rotatable bonds is 4.